The SMILES string of the molecule is C[C@@H]1Cc2ccccc2N1Cc1ccoc1C(=O)N1CCC(N)CC1. The molecule has 0 radical (unpaired) electrons. The average molecular weight is 339 g/mol. The molecule has 132 valence electrons. The van der Waals surface area contributed by atoms with Gasteiger partial charge in [-0.05, 0) is 43.9 Å². The van der Waals surface area contributed by atoms with E-state index in [1.807, 2.05) is 11.0 Å². The van der Waals surface area contributed by atoms with E-state index in [4.69, 9.17) is 10.2 Å². The van der Waals surface area contributed by atoms with Crippen molar-refractivity contribution < 1.29 is 9.21 Å². The number of carbonyl (C=O) groups is 1. The summed E-state index contributed by atoms with van der Waals surface area (Å²) in [6, 6.07) is 11.1. The van der Waals surface area contributed by atoms with Crippen LogP contribution in [0.2, 0.25) is 0 Å². The minimum Gasteiger partial charge on any atom is -0.459 e. The van der Waals surface area contributed by atoms with Gasteiger partial charge in [0.05, 0.1) is 6.26 Å². The third kappa shape index (κ3) is 3.04. The van der Waals surface area contributed by atoms with Gasteiger partial charge in [-0.25, -0.2) is 0 Å². The minimum absolute atomic E-state index is 0.00737. The van der Waals surface area contributed by atoms with Crippen molar-refractivity contribution in [1.29, 1.82) is 0 Å². The van der Waals surface area contributed by atoms with Gasteiger partial charge in [0.1, 0.15) is 0 Å². The summed E-state index contributed by atoms with van der Waals surface area (Å²) < 4.78 is 5.59. The zero-order valence-corrected chi connectivity index (χ0v) is 14.6. The van der Waals surface area contributed by atoms with Crippen molar-refractivity contribution in [3.8, 4) is 0 Å². The van der Waals surface area contributed by atoms with Crippen LogP contribution in [0, 0.1) is 0 Å². The van der Waals surface area contributed by atoms with Crippen LogP contribution in [-0.4, -0.2) is 36.0 Å². The van der Waals surface area contributed by atoms with Crippen LogP contribution in [-0.2, 0) is 13.0 Å². The summed E-state index contributed by atoms with van der Waals surface area (Å²) in [6.07, 6.45) is 4.39. The fourth-order valence-corrected chi connectivity index (χ4v) is 3.95. The largest absolute Gasteiger partial charge is 0.459 e. The first kappa shape index (κ1) is 16.2. The molecule has 1 amide bonds. The molecule has 4 rings (SSSR count). The summed E-state index contributed by atoms with van der Waals surface area (Å²) in [4.78, 5) is 17.1. The molecule has 0 saturated carbocycles. The Balaban J connectivity index is 1.53. The fraction of sp³-hybridized carbons (Fsp3) is 0.450. The highest BCUT2D eigenvalue weighted by Crippen LogP contribution is 2.33. The summed E-state index contributed by atoms with van der Waals surface area (Å²) in [6.45, 7) is 4.35. The van der Waals surface area contributed by atoms with Crippen LogP contribution in [0.15, 0.2) is 41.0 Å². The maximum atomic E-state index is 12.9. The number of nitrogens with zero attached hydrogens (tertiary/aromatic N) is 2. The molecule has 25 heavy (non-hydrogen) atoms. The van der Waals surface area contributed by atoms with Crippen molar-refractivity contribution in [3.63, 3.8) is 0 Å². The lowest BCUT2D eigenvalue weighted by molar-refractivity contribution is 0.0681. The highest BCUT2D eigenvalue weighted by molar-refractivity contribution is 5.93. The molecule has 0 spiro atoms. The van der Waals surface area contributed by atoms with E-state index >= 15 is 0 Å². The number of hydrogen-bond donors (Lipinski definition) is 1. The zero-order valence-electron chi connectivity index (χ0n) is 14.6. The monoisotopic (exact) mass is 339 g/mol. The molecule has 1 atom stereocenters. The number of fused-ring (bicyclic) bond motifs is 1. The summed E-state index contributed by atoms with van der Waals surface area (Å²) in [5.74, 6) is 0.471. The predicted octanol–water partition coefficient (Wildman–Crippen LogP) is 2.79. The Kier molecular flexibility index (Phi) is 4.25. The van der Waals surface area contributed by atoms with E-state index in [0.29, 0.717) is 31.4 Å². The Morgan fingerprint density at radius 1 is 1.24 bits per heavy atom. The number of furan rings is 1. The average Bonchev–Trinajstić information content (AvgIpc) is 3.20. The van der Waals surface area contributed by atoms with Crippen molar-refractivity contribution in [3.05, 3.63) is 53.5 Å². The molecule has 2 N–H and O–H groups in total. The lowest BCUT2D eigenvalue weighted by Gasteiger charge is -2.30. The molecule has 2 aliphatic heterocycles. The third-order valence-electron chi connectivity index (χ3n) is 5.46. The highest BCUT2D eigenvalue weighted by atomic mass is 16.3. The van der Waals surface area contributed by atoms with Gasteiger partial charge in [0.2, 0.25) is 0 Å². The molecule has 2 aliphatic rings. The Morgan fingerprint density at radius 2 is 2.00 bits per heavy atom. The number of carbonyl (C=O) groups excluding carboxylic acids is 1. The molecule has 2 aromatic rings. The molecule has 1 aromatic carbocycles. The third-order valence-corrected chi connectivity index (χ3v) is 5.46. The molecule has 5 heteroatoms. The number of piperidine rings is 1. The van der Waals surface area contributed by atoms with E-state index in [-0.39, 0.29) is 11.9 Å². The Labute approximate surface area is 148 Å². The second-order valence-corrected chi connectivity index (χ2v) is 7.21. The molecular weight excluding hydrogens is 314 g/mol. The van der Waals surface area contributed by atoms with Crippen LogP contribution < -0.4 is 10.6 Å². The molecule has 0 aliphatic carbocycles. The minimum atomic E-state index is -0.00737. The topological polar surface area (TPSA) is 62.7 Å². The molecule has 1 fully saturated rings. The first-order valence-corrected chi connectivity index (χ1v) is 9.09. The van der Waals surface area contributed by atoms with Crippen LogP contribution in [0.4, 0.5) is 5.69 Å². The van der Waals surface area contributed by atoms with Crippen molar-refractivity contribution >= 4 is 11.6 Å². The molecule has 0 bridgehead atoms. The summed E-state index contributed by atoms with van der Waals surface area (Å²) >= 11 is 0. The maximum Gasteiger partial charge on any atom is 0.289 e. The highest BCUT2D eigenvalue weighted by Gasteiger charge is 2.30. The number of rotatable bonds is 3. The van der Waals surface area contributed by atoms with Gasteiger partial charge in [-0.2, -0.15) is 0 Å². The number of likely N-dealkylation sites (tertiary alicyclic amines) is 1. The van der Waals surface area contributed by atoms with Crippen LogP contribution in [0.5, 0.6) is 0 Å². The Hall–Kier alpha value is -2.27. The first-order valence-electron chi connectivity index (χ1n) is 9.09. The zero-order chi connectivity index (χ0) is 17.4. The normalized spacial score (nSPS) is 20.8. The molecular formula is C20H25N3O2. The van der Waals surface area contributed by atoms with E-state index in [1.165, 1.54) is 11.3 Å². The lowest BCUT2D eigenvalue weighted by atomic mass is 10.1. The van der Waals surface area contributed by atoms with Crippen LogP contribution in [0.25, 0.3) is 0 Å². The second kappa shape index (κ2) is 6.56. The van der Waals surface area contributed by atoms with E-state index < -0.39 is 0 Å². The van der Waals surface area contributed by atoms with Crippen molar-refractivity contribution in [2.24, 2.45) is 5.73 Å². The van der Waals surface area contributed by atoms with Gasteiger partial charge in [0.25, 0.3) is 5.91 Å². The predicted molar refractivity (Wildman–Crippen MR) is 97.6 cm³/mol. The van der Waals surface area contributed by atoms with E-state index in [2.05, 4.69) is 36.1 Å². The number of para-hydroxylation sites is 1. The van der Waals surface area contributed by atoms with Crippen LogP contribution in [0.3, 0.4) is 0 Å². The number of nitrogens with two attached hydrogens (primary N) is 1. The van der Waals surface area contributed by atoms with E-state index in [9.17, 15) is 4.79 Å². The Morgan fingerprint density at radius 3 is 2.80 bits per heavy atom. The molecule has 5 nitrogen and oxygen atoms in total. The number of hydrogen-bond acceptors (Lipinski definition) is 4. The fourth-order valence-electron chi connectivity index (χ4n) is 3.95. The van der Waals surface area contributed by atoms with Gasteiger partial charge in [-0.15, -0.1) is 0 Å². The first-order chi connectivity index (χ1) is 12.1. The van der Waals surface area contributed by atoms with Gasteiger partial charge < -0.3 is 20.0 Å². The van der Waals surface area contributed by atoms with E-state index in [0.717, 1.165) is 24.8 Å². The van der Waals surface area contributed by atoms with Crippen LogP contribution >= 0.6 is 0 Å². The number of amides is 1. The molecule has 1 aromatic heterocycles. The Bertz CT molecular complexity index is 762. The van der Waals surface area contributed by atoms with Gasteiger partial charge in [-0.1, -0.05) is 18.2 Å². The van der Waals surface area contributed by atoms with Crippen molar-refractivity contribution in [2.75, 3.05) is 18.0 Å². The summed E-state index contributed by atoms with van der Waals surface area (Å²) in [5, 5.41) is 0. The quantitative estimate of drug-likeness (QED) is 0.934. The summed E-state index contributed by atoms with van der Waals surface area (Å²) in [5.41, 5.74) is 9.54. The van der Waals surface area contributed by atoms with Gasteiger partial charge in [-0.3, -0.25) is 4.79 Å². The smallest absolute Gasteiger partial charge is 0.289 e. The van der Waals surface area contributed by atoms with Crippen molar-refractivity contribution in [2.45, 2.75) is 44.8 Å². The lowest BCUT2D eigenvalue weighted by Crippen LogP contribution is -2.43. The molecule has 1 saturated heterocycles. The van der Waals surface area contributed by atoms with Gasteiger partial charge in [0.15, 0.2) is 5.76 Å². The second-order valence-electron chi connectivity index (χ2n) is 7.21. The van der Waals surface area contributed by atoms with Crippen LogP contribution in [0.1, 0.15) is 41.4 Å². The molecule has 0 unspecified atom stereocenters. The number of benzene rings is 1. The van der Waals surface area contributed by atoms with Gasteiger partial charge in [0, 0.05) is 43.0 Å². The standard InChI is InChI=1S/C20H25N3O2/c1-14-12-15-4-2-3-5-18(15)23(14)13-16-8-11-25-19(16)20(24)22-9-6-17(21)7-10-22/h2-5,8,11,14,17H,6-7,9-10,12-13,21H2,1H3/t14-/m1/s1. The summed E-state index contributed by atoms with van der Waals surface area (Å²) in [7, 11) is 0. The number of anilines is 1. The maximum absolute atomic E-state index is 12.9. The van der Waals surface area contributed by atoms with Crippen molar-refractivity contribution in [1.82, 2.24) is 4.90 Å². The van der Waals surface area contributed by atoms with E-state index in [1.54, 1.807) is 6.26 Å². The van der Waals surface area contributed by atoms with Gasteiger partial charge >= 0.3 is 0 Å². The molecule has 3 heterocycles.